The van der Waals surface area contributed by atoms with Crippen LogP contribution >= 0.6 is 0 Å². The zero-order chi connectivity index (χ0) is 14.6. The molecule has 1 unspecified atom stereocenters. The van der Waals surface area contributed by atoms with Gasteiger partial charge in [-0.2, -0.15) is 5.26 Å². The quantitative estimate of drug-likeness (QED) is 0.622. The molecule has 1 aromatic rings. The van der Waals surface area contributed by atoms with E-state index in [4.69, 9.17) is 10.00 Å². The summed E-state index contributed by atoms with van der Waals surface area (Å²) < 4.78 is 4.84. The molecule has 1 aliphatic carbocycles. The maximum absolute atomic E-state index is 12.1. The number of ketones is 1. The number of esters is 1. The molecule has 1 fully saturated rings. The molecule has 1 aromatic carbocycles. The molecule has 4 nitrogen and oxygen atoms in total. The molecule has 104 valence electrons. The number of hydrogen-bond donors (Lipinski definition) is 0. The van der Waals surface area contributed by atoms with Crippen molar-refractivity contribution in [1.29, 1.82) is 5.26 Å². The van der Waals surface area contributed by atoms with E-state index in [2.05, 4.69) is 6.07 Å². The first-order chi connectivity index (χ1) is 9.62. The lowest BCUT2D eigenvalue weighted by Gasteiger charge is -2.24. The van der Waals surface area contributed by atoms with Gasteiger partial charge in [-0.3, -0.25) is 9.59 Å². The van der Waals surface area contributed by atoms with Crippen LogP contribution in [0.15, 0.2) is 24.3 Å². The van der Waals surface area contributed by atoms with E-state index in [9.17, 15) is 9.59 Å². The van der Waals surface area contributed by atoms with Gasteiger partial charge in [0.05, 0.1) is 19.6 Å². The lowest BCUT2D eigenvalue weighted by Crippen LogP contribution is -2.38. The Kier molecular flexibility index (Phi) is 4.19. The molecule has 1 aliphatic rings. The molecular weight excluding hydrogens is 254 g/mol. The Morgan fingerprint density at radius 3 is 2.50 bits per heavy atom. The van der Waals surface area contributed by atoms with Crippen molar-refractivity contribution < 1.29 is 14.3 Å². The molecule has 20 heavy (non-hydrogen) atoms. The number of ether oxygens (including phenoxy) is 1. The van der Waals surface area contributed by atoms with Gasteiger partial charge in [-0.25, -0.2) is 0 Å². The summed E-state index contributed by atoms with van der Waals surface area (Å²) in [7, 11) is 1.33. The molecule has 0 spiro atoms. The summed E-state index contributed by atoms with van der Waals surface area (Å²) in [6.07, 6.45) is 2.48. The van der Waals surface area contributed by atoms with Crippen LogP contribution in [0.25, 0.3) is 0 Å². The number of carbonyl (C=O) groups is 2. The molecule has 0 amide bonds. The van der Waals surface area contributed by atoms with Crippen LogP contribution in [0.4, 0.5) is 0 Å². The molecule has 4 heteroatoms. The summed E-state index contributed by atoms with van der Waals surface area (Å²) in [5.74, 6) is -0.452. The highest BCUT2D eigenvalue weighted by Crippen LogP contribution is 2.39. The Morgan fingerprint density at radius 2 is 2.00 bits per heavy atom. The number of benzene rings is 1. The second kappa shape index (κ2) is 5.87. The van der Waals surface area contributed by atoms with Crippen molar-refractivity contribution in [3.63, 3.8) is 0 Å². The van der Waals surface area contributed by atoms with Crippen molar-refractivity contribution >= 4 is 11.8 Å². The van der Waals surface area contributed by atoms with Crippen LogP contribution < -0.4 is 0 Å². The monoisotopic (exact) mass is 271 g/mol. The second-order valence-corrected chi connectivity index (χ2v) is 5.18. The smallest absolute Gasteiger partial charge is 0.319 e. The number of methoxy groups -OCH3 is 1. The fraction of sp³-hybridized carbons (Fsp3) is 0.438. The van der Waals surface area contributed by atoms with E-state index in [1.54, 1.807) is 0 Å². The predicted octanol–water partition coefficient (Wildman–Crippen LogP) is 2.21. The van der Waals surface area contributed by atoms with E-state index < -0.39 is 11.4 Å². The Bertz CT molecular complexity index is 556. The van der Waals surface area contributed by atoms with Crippen molar-refractivity contribution in [3.05, 3.63) is 35.4 Å². The minimum absolute atomic E-state index is 0.0227. The van der Waals surface area contributed by atoms with E-state index in [0.29, 0.717) is 25.7 Å². The molecule has 2 rings (SSSR count). The average molecular weight is 271 g/mol. The highest BCUT2D eigenvalue weighted by Gasteiger charge is 2.49. The van der Waals surface area contributed by atoms with Gasteiger partial charge >= 0.3 is 5.97 Å². The summed E-state index contributed by atoms with van der Waals surface area (Å²) in [6, 6.07) is 9.57. The Hall–Kier alpha value is -2.15. The first kappa shape index (κ1) is 14.3. The van der Waals surface area contributed by atoms with Crippen LogP contribution in [-0.4, -0.2) is 18.9 Å². The van der Waals surface area contributed by atoms with E-state index in [1.807, 2.05) is 24.3 Å². The summed E-state index contributed by atoms with van der Waals surface area (Å²) in [5, 5.41) is 8.64. The Morgan fingerprint density at radius 1 is 1.35 bits per heavy atom. The third-order valence-electron chi connectivity index (χ3n) is 3.93. The van der Waals surface area contributed by atoms with Gasteiger partial charge in [-0.15, -0.1) is 0 Å². The lowest BCUT2D eigenvalue weighted by atomic mass is 9.79. The summed E-state index contributed by atoms with van der Waals surface area (Å²) in [4.78, 5) is 24.2. The predicted molar refractivity (Wildman–Crippen MR) is 72.8 cm³/mol. The third kappa shape index (κ3) is 2.57. The highest BCUT2D eigenvalue weighted by atomic mass is 16.5. The number of nitrogens with zero attached hydrogens (tertiary/aromatic N) is 1. The summed E-state index contributed by atoms with van der Waals surface area (Å²) in [6.45, 7) is 0. The minimum Gasteiger partial charge on any atom is -0.468 e. The third-order valence-corrected chi connectivity index (χ3v) is 3.93. The van der Waals surface area contributed by atoms with Crippen LogP contribution in [-0.2, 0) is 27.2 Å². The van der Waals surface area contributed by atoms with Gasteiger partial charge in [0.2, 0.25) is 0 Å². The molecule has 0 saturated heterocycles. The van der Waals surface area contributed by atoms with E-state index in [1.165, 1.54) is 7.11 Å². The number of Topliss-reactive ketones (excluding diaryl/α,β-unsaturated/α-hetero) is 1. The second-order valence-electron chi connectivity index (χ2n) is 5.18. The minimum atomic E-state index is -1.01. The number of hydrogen-bond acceptors (Lipinski definition) is 4. The normalized spacial score (nSPS) is 21.5. The van der Waals surface area contributed by atoms with Gasteiger partial charge in [-0.1, -0.05) is 24.3 Å². The zero-order valence-corrected chi connectivity index (χ0v) is 11.5. The van der Waals surface area contributed by atoms with Crippen molar-refractivity contribution in [2.24, 2.45) is 5.41 Å². The van der Waals surface area contributed by atoms with Crippen LogP contribution in [0.1, 0.15) is 30.4 Å². The van der Waals surface area contributed by atoms with Gasteiger partial charge < -0.3 is 4.74 Å². The molecule has 0 heterocycles. The fourth-order valence-electron chi connectivity index (χ4n) is 2.81. The SMILES string of the molecule is COC(=O)C1(Cc2ccc(CC#N)cc2)CCCC1=O. The molecule has 0 bridgehead atoms. The van der Waals surface area contributed by atoms with Gasteiger partial charge in [0.15, 0.2) is 5.78 Å². The van der Waals surface area contributed by atoms with Gasteiger partial charge in [0.25, 0.3) is 0 Å². The highest BCUT2D eigenvalue weighted by molar-refractivity contribution is 6.05. The van der Waals surface area contributed by atoms with E-state index >= 15 is 0 Å². The van der Waals surface area contributed by atoms with E-state index in [0.717, 1.165) is 17.5 Å². The van der Waals surface area contributed by atoms with Crippen LogP contribution in [0.3, 0.4) is 0 Å². The van der Waals surface area contributed by atoms with E-state index in [-0.39, 0.29) is 5.78 Å². The molecule has 1 atom stereocenters. The van der Waals surface area contributed by atoms with Crippen LogP contribution in [0.5, 0.6) is 0 Å². The van der Waals surface area contributed by atoms with Crippen LogP contribution in [0, 0.1) is 16.7 Å². The molecule has 0 N–H and O–H groups in total. The first-order valence-electron chi connectivity index (χ1n) is 6.69. The molecule has 0 radical (unpaired) electrons. The number of rotatable bonds is 4. The molecule has 0 aliphatic heterocycles. The fourth-order valence-corrected chi connectivity index (χ4v) is 2.81. The van der Waals surface area contributed by atoms with Gasteiger partial charge in [-0.05, 0) is 30.4 Å². The van der Waals surface area contributed by atoms with Crippen molar-refractivity contribution in [2.45, 2.75) is 32.1 Å². The Labute approximate surface area is 118 Å². The van der Waals surface area contributed by atoms with Gasteiger partial charge in [0, 0.05) is 6.42 Å². The largest absolute Gasteiger partial charge is 0.468 e. The molecule has 0 aromatic heterocycles. The first-order valence-corrected chi connectivity index (χ1v) is 6.69. The number of carbonyl (C=O) groups excluding carboxylic acids is 2. The molecular formula is C16H17NO3. The van der Waals surface area contributed by atoms with Gasteiger partial charge in [0.1, 0.15) is 5.41 Å². The molecule has 1 saturated carbocycles. The topological polar surface area (TPSA) is 67.2 Å². The zero-order valence-electron chi connectivity index (χ0n) is 11.5. The summed E-state index contributed by atoms with van der Waals surface area (Å²) >= 11 is 0. The maximum Gasteiger partial charge on any atom is 0.319 e. The number of nitriles is 1. The van der Waals surface area contributed by atoms with Crippen molar-refractivity contribution in [1.82, 2.24) is 0 Å². The summed E-state index contributed by atoms with van der Waals surface area (Å²) in [5.41, 5.74) is 0.847. The van der Waals surface area contributed by atoms with Crippen LogP contribution in [0.2, 0.25) is 0 Å². The Balaban J connectivity index is 2.23. The lowest BCUT2D eigenvalue weighted by molar-refractivity contribution is -0.156. The standard InChI is InChI=1S/C16H17NO3/c1-20-15(19)16(9-2-3-14(16)18)11-13-6-4-12(5-7-13)8-10-17/h4-7H,2-3,8-9,11H2,1H3. The maximum atomic E-state index is 12.1. The average Bonchev–Trinajstić information content (AvgIpc) is 2.83. The van der Waals surface area contributed by atoms with Crippen molar-refractivity contribution in [3.8, 4) is 6.07 Å². The van der Waals surface area contributed by atoms with Crippen molar-refractivity contribution in [2.75, 3.05) is 7.11 Å².